The first-order valence-corrected chi connectivity index (χ1v) is 10.7. The molecule has 1 aromatic heterocycles. The zero-order valence-corrected chi connectivity index (χ0v) is 16.2. The number of benzene rings is 1. The summed E-state index contributed by atoms with van der Waals surface area (Å²) in [6.07, 6.45) is 16.5. The minimum absolute atomic E-state index is 0.124. The van der Waals surface area contributed by atoms with Gasteiger partial charge >= 0.3 is 0 Å². The third-order valence-electron chi connectivity index (χ3n) is 6.54. The van der Waals surface area contributed by atoms with Gasteiger partial charge in [-0.2, -0.15) is 0 Å². The molecule has 0 saturated heterocycles. The topological polar surface area (TPSA) is 42.3 Å². The molecule has 1 aromatic carbocycles. The molecule has 4 aliphatic rings. The summed E-state index contributed by atoms with van der Waals surface area (Å²) >= 11 is 1.82. The number of aromatic nitrogens is 1. The predicted molar refractivity (Wildman–Crippen MR) is 115 cm³/mol. The Morgan fingerprint density at radius 3 is 3.07 bits per heavy atom. The van der Waals surface area contributed by atoms with Gasteiger partial charge in [0.05, 0.1) is 15.8 Å². The smallest absolute Gasteiger partial charge is 0.150 e. The van der Waals surface area contributed by atoms with Crippen LogP contribution in [0.25, 0.3) is 15.8 Å². The lowest BCUT2D eigenvalue weighted by atomic mass is 9.95. The molecule has 4 unspecified atom stereocenters. The van der Waals surface area contributed by atoms with Crippen LogP contribution in [-0.2, 0) is 4.79 Å². The van der Waals surface area contributed by atoms with Crippen molar-refractivity contribution in [3.63, 3.8) is 0 Å². The zero-order chi connectivity index (χ0) is 18.7. The summed E-state index contributed by atoms with van der Waals surface area (Å²) in [7, 11) is 0. The van der Waals surface area contributed by atoms with Crippen LogP contribution in [0.5, 0.6) is 0 Å². The molecule has 0 bridgehead atoms. The first-order chi connectivity index (χ1) is 13.8. The van der Waals surface area contributed by atoms with Crippen molar-refractivity contribution >= 4 is 39.6 Å². The van der Waals surface area contributed by atoms with Gasteiger partial charge in [0.15, 0.2) is 0 Å². The average molecular weight is 385 g/mol. The summed E-state index contributed by atoms with van der Waals surface area (Å²) in [6.45, 7) is 0. The standard InChI is InChI=1S/C24H20N2OS/c27-14-16-5-3-4-15(8-9-16)13-25-24-12-17(24)10-19(18-11-20(18)24)23-26-21-6-1-2-7-22(21)28-23/h1-3,5-10,13-14,17-18,20H,4,11-12H2. The number of nitrogens with zero attached hydrogens (tertiary/aromatic N) is 2. The van der Waals surface area contributed by atoms with Gasteiger partial charge in [-0.15, -0.1) is 11.3 Å². The predicted octanol–water partition coefficient (Wildman–Crippen LogP) is 5.17. The number of carbonyl (C=O) groups excluding carboxylic acids is 1. The summed E-state index contributed by atoms with van der Waals surface area (Å²) in [4.78, 5) is 20.9. The summed E-state index contributed by atoms with van der Waals surface area (Å²) < 4.78 is 1.28. The van der Waals surface area contributed by atoms with Gasteiger partial charge in [0.2, 0.25) is 0 Å². The van der Waals surface area contributed by atoms with Gasteiger partial charge in [0.25, 0.3) is 0 Å². The molecule has 0 amide bonds. The van der Waals surface area contributed by atoms with Crippen LogP contribution in [0, 0.1) is 17.8 Å². The number of aliphatic imine (C=N–C) groups is 1. The van der Waals surface area contributed by atoms with Crippen molar-refractivity contribution in [2.24, 2.45) is 22.7 Å². The van der Waals surface area contributed by atoms with Crippen molar-refractivity contribution in [1.29, 1.82) is 0 Å². The fourth-order valence-corrected chi connectivity index (χ4v) is 5.91. The molecule has 0 radical (unpaired) electrons. The number of rotatable bonds is 4. The number of hydrogen-bond acceptors (Lipinski definition) is 4. The maximum Gasteiger partial charge on any atom is 0.150 e. The number of hydrogen-bond donors (Lipinski definition) is 0. The van der Waals surface area contributed by atoms with E-state index < -0.39 is 0 Å². The molecule has 138 valence electrons. The van der Waals surface area contributed by atoms with Gasteiger partial charge < -0.3 is 0 Å². The molecule has 2 fully saturated rings. The van der Waals surface area contributed by atoms with Crippen LogP contribution >= 0.6 is 11.3 Å². The van der Waals surface area contributed by atoms with Crippen molar-refractivity contribution < 1.29 is 4.79 Å². The van der Waals surface area contributed by atoms with E-state index in [0.717, 1.165) is 24.6 Å². The number of fused-ring (bicyclic) bond motifs is 4. The molecule has 4 atom stereocenters. The number of allylic oxidation sites excluding steroid dienone is 7. The fraction of sp³-hybridized carbons (Fsp3) is 0.292. The summed E-state index contributed by atoms with van der Waals surface area (Å²) in [5.74, 6) is 1.85. The molecular weight excluding hydrogens is 364 g/mol. The van der Waals surface area contributed by atoms with Crippen molar-refractivity contribution in [3.05, 3.63) is 70.8 Å². The average Bonchev–Trinajstić information content (AvgIpc) is 3.60. The van der Waals surface area contributed by atoms with Gasteiger partial charge in [-0.1, -0.05) is 42.5 Å². The van der Waals surface area contributed by atoms with Crippen LogP contribution in [0.15, 0.2) is 70.8 Å². The van der Waals surface area contributed by atoms with Gasteiger partial charge in [-0.25, -0.2) is 4.98 Å². The second kappa shape index (κ2) is 5.95. The molecule has 6 rings (SSSR count). The molecule has 2 aromatic rings. The van der Waals surface area contributed by atoms with Crippen LogP contribution in [0.4, 0.5) is 0 Å². The Hall–Kier alpha value is -2.59. The van der Waals surface area contributed by atoms with Crippen molar-refractivity contribution in [2.45, 2.75) is 24.8 Å². The second-order valence-corrected chi connectivity index (χ2v) is 9.28. The third kappa shape index (κ3) is 2.51. The number of thiazole rings is 1. The van der Waals surface area contributed by atoms with Crippen molar-refractivity contribution in [2.75, 3.05) is 0 Å². The summed E-state index contributed by atoms with van der Waals surface area (Å²) in [5, 5.41) is 1.21. The monoisotopic (exact) mass is 384 g/mol. The Labute approximate surface area is 167 Å². The highest BCUT2D eigenvalue weighted by atomic mass is 32.1. The Kier molecular flexibility index (Phi) is 3.48. The highest BCUT2D eigenvalue weighted by molar-refractivity contribution is 7.19. The molecule has 28 heavy (non-hydrogen) atoms. The van der Waals surface area contributed by atoms with E-state index in [0.29, 0.717) is 23.3 Å². The minimum Gasteiger partial charge on any atom is -0.298 e. The van der Waals surface area contributed by atoms with E-state index in [-0.39, 0.29) is 5.54 Å². The molecule has 0 aliphatic heterocycles. The molecule has 4 aliphatic carbocycles. The molecule has 0 spiro atoms. The van der Waals surface area contributed by atoms with Gasteiger partial charge in [0, 0.05) is 17.7 Å². The second-order valence-electron chi connectivity index (χ2n) is 8.25. The van der Waals surface area contributed by atoms with E-state index in [1.54, 1.807) is 0 Å². The Bertz CT molecular complexity index is 1120. The molecule has 4 heteroatoms. The van der Waals surface area contributed by atoms with E-state index in [2.05, 4.69) is 36.6 Å². The van der Waals surface area contributed by atoms with E-state index in [4.69, 9.17) is 9.98 Å². The Morgan fingerprint density at radius 2 is 2.18 bits per heavy atom. The highest BCUT2D eigenvalue weighted by Gasteiger charge is 2.69. The molecule has 2 saturated carbocycles. The Morgan fingerprint density at radius 1 is 1.25 bits per heavy atom. The van der Waals surface area contributed by atoms with Crippen LogP contribution < -0.4 is 0 Å². The van der Waals surface area contributed by atoms with Crippen LogP contribution in [-0.4, -0.2) is 23.0 Å². The van der Waals surface area contributed by atoms with Crippen molar-refractivity contribution in [1.82, 2.24) is 4.98 Å². The zero-order valence-electron chi connectivity index (χ0n) is 15.4. The maximum absolute atomic E-state index is 10.9. The SMILES string of the molecule is O=CC1=CC=C(C=NC23CC2C=C(c2nc4ccccc4s2)C2CC23)CC=C1. The first-order valence-electron chi connectivity index (χ1n) is 9.92. The van der Waals surface area contributed by atoms with E-state index >= 15 is 0 Å². The van der Waals surface area contributed by atoms with Crippen LogP contribution in [0.3, 0.4) is 0 Å². The lowest BCUT2D eigenvalue weighted by Crippen LogP contribution is -2.17. The van der Waals surface area contributed by atoms with E-state index in [1.165, 1.54) is 27.3 Å². The summed E-state index contributed by atoms with van der Waals surface area (Å²) in [5.41, 5.74) is 4.59. The van der Waals surface area contributed by atoms with Gasteiger partial charge in [-0.3, -0.25) is 9.79 Å². The summed E-state index contributed by atoms with van der Waals surface area (Å²) in [6, 6.07) is 8.42. The van der Waals surface area contributed by atoms with Crippen molar-refractivity contribution in [3.8, 4) is 0 Å². The maximum atomic E-state index is 10.9. The molecule has 0 N–H and O–H groups in total. The lowest BCUT2D eigenvalue weighted by Gasteiger charge is -2.17. The highest BCUT2D eigenvalue weighted by Crippen LogP contribution is 2.71. The first kappa shape index (κ1) is 16.4. The lowest BCUT2D eigenvalue weighted by molar-refractivity contribution is -0.104. The molecule has 3 nitrogen and oxygen atoms in total. The van der Waals surface area contributed by atoms with Gasteiger partial charge in [-0.05, 0) is 54.4 Å². The van der Waals surface area contributed by atoms with Crippen LogP contribution in [0.1, 0.15) is 24.3 Å². The number of para-hydroxylation sites is 1. The normalized spacial score (nSPS) is 32.9. The molecule has 1 heterocycles. The number of carbonyl (C=O) groups is 1. The minimum atomic E-state index is 0.124. The van der Waals surface area contributed by atoms with E-state index in [1.807, 2.05) is 35.6 Å². The fourth-order valence-electron chi connectivity index (χ4n) is 4.86. The Balaban J connectivity index is 1.26. The molecular formula is C24H20N2OS. The van der Waals surface area contributed by atoms with Gasteiger partial charge in [0.1, 0.15) is 11.3 Å². The number of aldehydes is 1. The third-order valence-corrected chi connectivity index (χ3v) is 7.63. The van der Waals surface area contributed by atoms with Crippen LogP contribution in [0.2, 0.25) is 0 Å². The quantitative estimate of drug-likeness (QED) is 0.539. The largest absolute Gasteiger partial charge is 0.298 e. The van der Waals surface area contributed by atoms with E-state index in [9.17, 15) is 4.79 Å².